The van der Waals surface area contributed by atoms with Crippen LogP contribution in [0.15, 0.2) is 124 Å². The lowest BCUT2D eigenvalue weighted by Gasteiger charge is -2.28. The van der Waals surface area contributed by atoms with Crippen LogP contribution in [-0.2, 0) is 46.2 Å². The molecule has 0 N–H and O–H groups in total. The standard InChI is InChI=1S/C51H42N2O10S3/c1-28-6-12-34(13-7-28)53-27-51(4,5)45-47(53)41-23-33-19-37(66(56,57)58)17-11-31(33)21-39(41)43-24-42-38-20-30-10-16-36(65-63-61-55)18-32(30)22-40(38)46-44(48(42)59-49(43)45)50(2,3)26-52(46)25-29-8-14-35(15-9-29)64-62-60-54/h6-24H,25-27H2,1-5H3,(H2-,54,55,56,57,58)/p-2. The summed E-state index contributed by atoms with van der Waals surface area (Å²) >= 11 is 1.69. The normalized spacial score (nSPS) is 15.8. The Morgan fingerprint density at radius 1 is 0.697 bits per heavy atom. The van der Waals surface area contributed by atoms with Gasteiger partial charge in [-0.15, -0.1) is 0 Å². The first-order valence-electron chi connectivity index (χ1n) is 21.2. The van der Waals surface area contributed by atoms with Crippen molar-refractivity contribution in [3.8, 4) is 11.5 Å². The van der Waals surface area contributed by atoms with Crippen LogP contribution in [0, 0.1) is 6.92 Å². The minimum atomic E-state index is -4.70. The molecule has 0 saturated heterocycles. The molecule has 8 aromatic rings. The SMILES string of the molecule is Cc1ccc([N+]2=c3c(c4c(c5cc6ccc(S(=O)(=O)[O-])cc6cc35)=Cc3c(c5c(c6cc7cc(SOO[O-])ccc7cc36)N(Cc3ccc(SOO[O-])cc3)CC5(C)C)O4)C(C)(C)C2)cc1. The molecular formula is C51H40N2O10S3-2. The van der Waals surface area contributed by atoms with Crippen molar-refractivity contribution in [2.24, 2.45) is 0 Å². The molecule has 0 aliphatic carbocycles. The van der Waals surface area contributed by atoms with Gasteiger partial charge in [0.1, 0.15) is 21.6 Å². The molecule has 0 fully saturated rings. The fraction of sp³-hybridized carbons (Fsp3) is 0.196. The average molecular weight is 937 g/mol. The number of nitrogens with zero attached hydrogens (tertiary/aromatic N) is 2. The number of rotatable bonds is 10. The molecule has 0 unspecified atom stereocenters. The Morgan fingerprint density at radius 3 is 2.05 bits per heavy atom. The molecular weight excluding hydrogens is 897 g/mol. The van der Waals surface area contributed by atoms with Gasteiger partial charge in [0.05, 0.1) is 51.0 Å². The van der Waals surface area contributed by atoms with Crippen LogP contribution in [-0.4, -0.2) is 26.1 Å². The number of benzene rings is 8. The molecule has 0 radical (unpaired) electrons. The highest BCUT2D eigenvalue weighted by Gasteiger charge is 2.46. The quantitative estimate of drug-likeness (QED) is 0.0323. The van der Waals surface area contributed by atoms with Crippen LogP contribution in [0.3, 0.4) is 0 Å². The van der Waals surface area contributed by atoms with Gasteiger partial charge in [0.25, 0.3) is 0 Å². The summed E-state index contributed by atoms with van der Waals surface area (Å²) in [5.74, 6) is 1.57. The van der Waals surface area contributed by atoms with Crippen LogP contribution in [0.4, 0.5) is 11.4 Å². The largest absolute Gasteiger partial charge is 0.744 e. The van der Waals surface area contributed by atoms with Gasteiger partial charge in [-0.1, -0.05) is 55.8 Å². The Bertz CT molecular complexity index is 3620. The number of anilines is 1. The molecule has 66 heavy (non-hydrogen) atoms. The van der Waals surface area contributed by atoms with Crippen molar-refractivity contribution in [1.82, 2.24) is 4.58 Å². The number of hydrogen-bond donors (Lipinski definition) is 0. The van der Waals surface area contributed by atoms with E-state index in [1.165, 1.54) is 12.1 Å². The Morgan fingerprint density at radius 2 is 1.33 bits per heavy atom. The Kier molecular flexibility index (Phi) is 10.3. The van der Waals surface area contributed by atoms with Crippen LogP contribution in [0.5, 0.6) is 11.5 Å². The third-order valence-corrected chi connectivity index (χ3v) is 15.2. The van der Waals surface area contributed by atoms with Gasteiger partial charge in [-0.05, 0) is 125 Å². The lowest BCUT2D eigenvalue weighted by Crippen LogP contribution is -2.30. The fourth-order valence-electron chi connectivity index (χ4n) is 10.5. The maximum absolute atomic E-state index is 12.3. The number of aryl methyl sites for hydroxylation is 1. The third kappa shape index (κ3) is 7.13. The predicted molar refractivity (Wildman–Crippen MR) is 250 cm³/mol. The second-order valence-electron chi connectivity index (χ2n) is 18.6. The fourth-order valence-corrected chi connectivity index (χ4v) is 11.7. The number of hydrogen-bond acceptors (Lipinski definition) is 13. The van der Waals surface area contributed by atoms with Crippen LogP contribution in [0.1, 0.15) is 55.5 Å². The van der Waals surface area contributed by atoms with Gasteiger partial charge in [0.2, 0.25) is 11.0 Å². The molecule has 3 heterocycles. The van der Waals surface area contributed by atoms with Crippen molar-refractivity contribution in [3.63, 3.8) is 0 Å². The first kappa shape index (κ1) is 43.0. The van der Waals surface area contributed by atoms with E-state index in [4.69, 9.17) is 9.07 Å². The summed E-state index contributed by atoms with van der Waals surface area (Å²) < 4.78 is 56.1. The maximum atomic E-state index is 12.3. The lowest BCUT2D eigenvalue weighted by atomic mass is 9.80. The highest BCUT2D eigenvalue weighted by Crippen LogP contribution is 2.55. The summed E-state index contributed by atoms with van der Waals surface area (Å²) in [5.41, 5.74) is 6.53. The molecule has 11 rings (SSSR count). The highest BCUT2D eigenvalue weighted by molar-refractivity contribution is 7.94. The second kappa shape index (κ2) is 15.8. The Labute approximate surface area is 388 Å². The Hall–Kier alpha value is -5.56. The van der Waals surface area contributed by atoms with E-state index in [1.54, 1.807) is 6.07 Å². The molecule has 3 aliphatic rings. The molecule has 334 valence electrons. The maximum Gasteiger partial charge on any atom is 0.221 e. The van der Waals surface area contributed by atoms with E-state index >= 15 is 0 Å². The molecule has 0 saturated carbocycles. The van der Waals surface area contributed by atoms with Gasteiger partial charge < -0.3 is 24.7 Å². The zero-order valence-corrected chi connectivity index (χ0v) is 38.7. The van der Waals surface area contributed by atoms with Crippen LogP contribution in [0.25, 0.3) is 49.2 Å². The molecule has 15 heteroatoms. The molecule has 12 nitrogen and oxygen atoms in total. The topological polar surface area (TPSA) is 156 Å². The van der Waals surface area contributed by atoms with Gasteiger partial charge in [-0.25, -0.2) is 8.42 Å². The smallest absolute Gasteiger partial charge is 0.221 e. The summed E-state index contributed by atoms with van der Waals surface area (Å²) in [6, 6.07) is 35.2. The third-order valence-electron chi connectivity index (χ3n) is 13.2. The molecule has 0 bridgehead atoms. The van der Waals surface area contributed by atoms with E-state index in [-0.39, 0.29) is 10.3 Å². The minimum Gasteiger partial charge on any atom is -0.744 e. The number of fused-ring (bicyclic) bond motifs is 14. The molecule has 0 spiro atoms. The average Bonchev–Trinajstić information content (AvgIpc) is 3.74. The number of ether oxygens (including phenoxy) is 1. The summed E-state index contributed by atoms with van der Waals surface area (Å²) in [6.45, 7) is 13.0. The summed E-state index contributed by atoms with van der Waals surface area (Å²) in [7, 11) is -4.70. The van der Waals surface area contributed by atoms with Crippen molar-refractivity contribution >= 4 is 94.7 Å². The van der Waals surface area contributed by atoms with Gasteiger partial charge in [0, 0.05) is 62.2 Å². The van der Waals surface area contributed by atoms with Gasteiger partial charge in [-0.3, -0.25) is 10.1 Å². The zero-order chi connectivity index (χ0) is 45.9. The van der Waals surface area contributed by atoms with Crippen LogP contribution < -0.4 is 35.3 Å². The van der Waals surface area contributed by atoms with E-state index in [2.05, 4.69) is 107 Å². The van der Waals surface area contributed by atoms with E-state index < -0.39 is 15.5 Å². The molecule has 0 aromatic heterocycles. The first-order chi connectivity index (χ1) is 31.6. The highest BCUT2D eigenvalue weighted by atomic mass is 32.2. The van der Waals surface area contributed by atoms with Gasteiger partial charge in [0.15, 0.2) is 6.54 Å². The second-order valence-corrected chi connectivity index (χ2v) is 21.5. The van der Waals surface area contributed by atoms with Crippen molar-refractivity contribution < 1.29 is 47.0 Å². The van der Waals surface area contributed by atoms with Crippen molar-refractivity contribution in [1.29, 1.82) is 0 Å². The lowest BCUT2D eigenvalue weighted by molar-refractivity contribution is -0.777. The Balaban J connectivity index is 1.23. The van der Waals surface area contributed by atoms with Crippen molar-refractivity contribution in [3.05, 3.63) is 148 Å². The predicted octanol–water partition coefficient (Wildman–Crippen LogP) is 8.32. The van der Waals surface area contributed by atoms with E-state index in [1.807, 2.05) is 48.5 Å². The van der Waals surface area contributed by atoms with E-state index in [0.29, 0.717) is 29.9 Å². The monoisotopic (exact) mass is 936 g/mol. The van der Waals surface area contributed by atoms with Crippen molar-refractivity contribution in [2.45, 2.75) is 66.7 Å². The van der Waals surface area contributed by atoms with E-state index in [0.717, 1.165) is 128 Å². The minimum absolute atomic E-state index is 0.277. The van der Waals surface area contributed by atoms with Crippen molar-refractivity contribution in [2.75, 3.05) is 18.0 Å². The summed E-state index contributed by atoms with van der Waals surface area (Å²) in [5, 5.41) is 37.6. The van der Waals surface area contributed by atoms with Gasteiger partial charge in [-0.2, -0.15) is 13.2 Å². The zero-order valence-electron chi connectivity index (χ0n) is 36.3. The summed E-state index contributed by atoms with van der Waals surface area (Å²) in [4.78, 5) is 3.56. The van der Waals surface area contributed by atoms with Crippen LogP contribution >= 0.6 is 24.1 Å². The molecule has 0 atom stereocenters. The first-order valence-corrected chi connectivity index (χ1v) is 24.1. The van der Waals surface area contributed by atoms with Gasteiger partial charge >= 0.3 is 0 Å². The molecule has 8 aromatic carbocycles. The molecule has 0 amide bonds. The molecule has 3 aliphatic heterocycles. The van der Waals surface area contributed by atoms with E-state index in [9.17, 15) is 23.5 Å². The summed E-state index contributed by atoms with van der Waals surface area (Å²) in [6.07, 6.45) is 2.27. The van der Waals surface area contributed by atoms with Crippen LogP contribution in [0.2, 0.25) is 0 Å².